The third kappa shape index (κ3) is 4.08. The van der Waals surface area contributed by atoms with Crippen LogP contribution < -0.4 is 10.2 Å². The molecule has 0 heterocycles. The largest absolute Gasteiger partial charge is 0.380 e. The first-order valence-electron chi connectivity index (χ1n) is 6.88. The van der Waals surface area contributed by atoms with Gasteiger partial charge in [0.15, 0.2) is 0 Å². The zero-order valence-electron chi connectivity index (χ0n) is 12.9. The number of hydrogen-bond donors (Lipinski definition) is 1. The number of nitrogens with one attached hydrogen (secondary N) is 1. The summed E-state index contributed by atoms with van der Waals surface area (Å²) in [4.78, 5) is 26.1. The third-order valence-corrected chi connectivity index (χ3v) is 3.11. The van der Waals surface area contributed by atoms with Gasteiger partial charge in [-0.15, -0.1) is 0 Å². The molecule has 7 nitrogen and oxygen atoms in total. The Morgan fingerprint density at radius 1 is 1.33 bits per heavy atom. The van der Waals surface area contributed by atoms with Crippen LogP contribution in [0.3, 0.4) is 0 Å². The third-order valence-electron chi connectivity index (χ3n) is 3.11. The quantitative estimate of drug-likeness (QED) is 0.614. The van der Waals surface area contributed by atoms with Gasteiger partial charge in [-0.25, -0.2) is 0 Å². The van der Waals surface area contributed by atoms with Crippen molar-refractivity contribution in [3.63, 3.8) is 0 Å². The number of carbonyl (C=O) groups excluding carboxylic acids is 1. The average molecular weight is 294 g/mol. The number of carbonyl (C=O) groups is 1. The van der Waals surface area contributed by atoms with Crippen molar-refractivity contribution < 1.29 is 9.72 Å². The molecule has 0 saturated carbocycles. The molecule has 7 heteroatoms. The molecule has 116 valence electrons. The molecule has 1 rings (SSSR count). The number of para-hydroxylation sites is 1. The molecule has 1 N–H and O–H groups in total. The lowest BCUT2D eigenvalue weighted by molar-refractivity contribution is -0.383. The Morgan fingerprint density at radius 3 is 2.48 bits per heavy atom. The molecule has 1 amide bonds. The van der Waals surface area contributed by atoms with Gasteiger partial charge in [-0.05, 0) is 26.0 Å². The summed E-state index contributed by atoms with van der Waals surface area (Å²) in [5.41, 5.74) is 0.930. The molecule has 0 aliphatic rings. The number of nitro benzene ring substituents is 1. The molecule has 0 aliphatic carbocycles. The molecule has 0 unspecified atom stereocenters. The van der Waals surface area contributed by atoms with E-state index in [0.717, 1.165) is 0 Å². The van der Waals surface area contributed by atoms with Crippen molar-refractivity contribution in [1.29, 1.82) is 0 Å². The molecular weight excluding hydrogens is 272 g/mol. The van der Waals surface area contributed by atoms with E-state index >= 15 is 0 Å². The van der Waals surface area contributed by atoms with Gasteiger partial charge < -0.3 is 15.1 Å². The number of likely N-dealkylation sites (N-methyl/N-ethyl adjacent to an activating group) is 2. The second-order valence-electron chi connectivity index (χ2n) is 4.76. The highest BCUT2D eigenvalue weighted by atomic mass is 16.6. The van der Waals surface area contributed by atoms with Crippen molar-refractivity contribution in [3.8, 4) is 0 Å². The van der Waals surface area contributed by atoms with Crippen LogP contribution in [0.25, 0.3) is 0 Å². The van der Waals surface area contributed by atoms with E-state index in [-0.39, 0.29) is 18.1 Å². The van der Waals surface area contributed by atoms with Crippen LogP contribution in [0.1, 0.15) is 13.8 Å². The highest BCUT2D eigenvalue weighted by Gasteiger charge is 2.24. The Labute approximate surface area is 124 Å². The molecule has 0 spiro atoms. The summed E-state index contributed by atoms with van der Waals surface area (Å²) in [7, 11) is 3.33. The number of amides is 1. The molecular formula is C14H22N4O3. The maximum atomic E-state index is 11.9. The van der Waals surface area contributed by atoms with Crippen molar-refractivity contribution in [1.82, 2.24) is 4.90 Å². The molecule has 0 atom stereocenters. The Hall–Kier alpha value is -2.31. The van der Waals surface area contributed by atoms with Gasteiger partial charge >= 0.3 is 5.69 Å². The Kier molecular flexibility index (Phi) is 5.95. The summed E-state index contributed by atoms with van der Waals surface area (Å²) in [5.74, 6) is -0.0972. The van der Waals surface area contributed by atoms with Gasteiger partial charge in [0.1, 0.15) is 11.4 Å². The highest BCUT2D eigenvalue weighted by Crippen LogP contribution is 2.35. The van der Waals surface area contributed by atoms with Gasteiger partial charge in [-0.1, -0.05) is 6.07 Å². The minimum Gasteiger partial charge on any atom is -0.380 e. The van der Waals surface area contributed by atoms with E-state index in [2.05, 4.69) is 5.32 Å². The number of nitrogens with zero attached hydrogens (tertiary/aromatic N) is 3. The van der Waals surface area contributed by atoms with E-state index in [1.165, 1.54) is 4.90 Å². The predicted octanol–water partition coefficient (Wildman–Crippen LogP) is 1.94. The Bertz CT molecular complexity index is 517. The van der Waals surface area contributed by atoms with Crippen molar-refractivity contribution in [2.45, 2.75) is 13.8 Å². The first kappa shape index (κ1) is 16.7. The van der Waals surface area contributed by atoms with Crippen LogP contribution in [-0.4, -0.2) is 49.5 Å². The van der Waals surface area contributed by atoms with E-state index in [9.17, 15) is 14.9 Å². The first-order valence-corrected chi connectivity index (χ1v) is 6.88. The summed E-state index contributed by atoms with van der Waals surface area (Å²) >= 11 is 0. The lowest BCUT2D eigenvalue weighted by atomic mass is 10.2. The maximum Gasteiger partial charge on any atom is 0.315 e. The average Bonchev–Trinajstić information content (AvgIpc) is 2.44. The number of hydrogen-bond acceptors (Lipinski definition) is 5. The summed E-state index contributed by atoms with van der Waals surface area (Å²) in [6.07, 6.45) is 0. The number of anilines is 2. The predicted molar refractivity (Wildman–Crippen MR) is 83.8 cm³/mol. The molecule has 1 aromatic rings. The molecule has 0 aliphatic heterocycles. The summed E-state index contributed by atoms with van der Waals surface area (Å²) in [6, 6.07) is 5.10. The minimum absolute atomic E-state index is 0.00718. The van der Waals surface area contributed by atoms with Gasteiger partial charge in [0, 0.05) is 27.2 Å². The van der Waals surface area contributed by atoms with Crippen molar-refractivity contribution in [2.24, 2.45) is 0 Å². The van der Waals surface area contributed by atoms with Crippen molar-refractivity contribution in [2.75, 3.05) is 43.9 Å². The van der Waals surface area contributed by atoms with E-state index in [1.807, 2.05) is 13.8 Å². The topological polar surface area (TPSA) is 78.7 Å². The van der Waals surface area contributed by atoms with Crippen LogP contribution in [0.2, 0.25) is 0 Å². The minimum atomic E-state index is -0.407. The first-order chi connectivity index (χ1) is 9.92. The molecule has 0 fully saturated rings. The number of nitro groups is 1. The standard InChI is InChI=1S/C14H22N4O3/c1-5-15-11-8-7-9-12(14(11)18(20)21)17(6-2)10-13(19)16(3)4/h7-9,15H,5-6,10H2,1-4H3. The Balaban J connectivity index is 3.22. The van der Waals surface area contributed by atoms with E-state index in [0.29, 0.717) is 24.5 Å². The lowest BCUT2D eigenvalue weighted by Crippen LogP contribution is -2.36. The summed E-state index contributed by atoms with van der Waals surface area (Å²) in [5, 5.41) is 14.4. The normalized spacial score (nSPS) is 10.1. The maximum absolute atomic E-state index is 11.9. The van der Waals surface area contributed by atoms with Crippen LogP contribution in [0.15, 0.2) is 18.2 Å². The fourth-order valence-electron chi connectivity index (χ4n) is 1.98. The van der Waals surface area contributed by atoms with Gasteiger partial charge in [0.25, 0.3) is 0 Å². The SMILES string of the molecule is CCNc1cccc(N(CC)CC(=O)N(C)C)c1[N+](=O)[O-]. The zero-order valence-corrected chi connectivity index (χ0v) is 12.9. The van der Waals surface area contributed by atoms with E-state index in [4.69, 9.17) is 0 Å². The molecule has 0 aromatic heterocycles. The molecule has 0 bridgehead atoms. The molecule has 21 heavy (non-hydrogen) atoms. The number of benzene rings is 1. The van der Waals surface area contributed by atoms with Gasteiger partial charge in [0.05, 0.1) is 11.5 Å². The fraction of sp³-hybridized carbons (Fsp3) is 0.500. The van der Waals surface area contributed by atoms with Crippen molar-refractivity contribution in [3.05, 3.63) is 28.3 Å². The number of rotatable bonds is 7. The second-order valence-corrected chi connectivity index (χ2v) is 4.76. The van der Waals surface area contributed by atoms with Gasteiger partial charge in [-0.2, -0.15) is 0 Å². The monoisotopic (exact) mass is 294 g/mol. The molecule has 1 aromatic carbocycles. The lowest BCUT2D eigenvalue weighted by Gasteiger charge is -2.24. The van der Waals surface area contributed by atoms with Gasteiger partial charge in [-0.3, -0.25) is 14.9 Å². The van der Waals surface area contributed by atoms with Crippen LogP contribution in [0.4, 0.5) is 17.1 Å². The second kappa shape index (κ2) is 7.47. The zero-order chi connectivity index (χ0) is 16.0. The smallest absolute Gasteiger partial charge is 0.315 e. The molecule has 0 saturated heterocycles. The van der Waals surface area contributed by atoms with Crippen LogP contribution in [0.5, 0.6) is 0 Å². The van der Waals surface area contributed by atoms with Gasteiger partial charge in [0.2, 0.25) is 5.91 Å². The fourth-order valence-corrected chi connectivity index (χ4v) is 1.98. The van der Waals surface area contributed by atoms with E-state index < -0.39 is 4.92 Å². The van der Waals surface area contributed by atoms with E-state index in [1.54, 1.807) is 37.2 Å². The van der Waals surface area contributed by atoms with Crippen LogP contribution in [-0.2, 0) is 4.79 Å². The summed E-state index contributed by atoms with van der Waals surface area (Å²) < 4.78 is 0. The van der Waals surface area contributed by atoms with Crippen molar-refractivity contribution >= 4 is 23.0 Å². The highest BCUT2D eigenvalue weighted by molar-refractivity contribution is 5.84. The summed E-state index contributed by atoms with van der Waals surface area (Å²) in [6.45, 7) is 4.96. The Morgan fingerprint density at radius 2 is 2.00 bits per heavy atom. The molecule has 0 radical (unpaired) electrons. The van der Waals surface area contributed by atoms with Crippen LogP contribution in [0, 0.1) is 10.1 Å². The van der Waals surface area contributed by atoms with Crippen LogP contribution >= 0.6 is 0 Å².